The zero-order valence-corrected chi connectivity index (χ0v) is 50.6. The van der Waals surface area contributed by atoms with Crippen LogP contribution in [0.1, 0.15) is 0 Å². The Morgan fingerprint density at radius 2 is 0.685 bits per heavy atom. The molecular formula is C84H56BClN4O2. The maximum atomic E-state index is 7.48. The Morgan fingerprint density at radius 1 is 0.293 bits per heavy atom. The Kier molecular flexibility index (Phi) is 13.6. The summed E-state index contributed by atoms with van der Waals surface area (Å²) >= 11 is 7.48. The molecule has 0 unspecified atom stereocenters. The van der Waals surface area contributed by atoms with Crippen molar-refractivity contribution in [2.24, 2.45) is 0 Å². The quantitative estimate of drug-likeness (QED) is 0.127. The minimum atomic E-state index is 0.0911. The van der Waals surface area contributed by atoms with Gasteiger partial charge in [0.15, 0.2) is 0 Å². The van der Waals surface area contributed by atoms with Crippen molar-refractivity contribution in [1.29, 1.82) is 0 Å². The Hall–Kier alpha value is -11.8. The van der Waals surface area contributed by atoms with Crippen molar-refractivity contribution < 1.29 is 8.83 Å². The van der Waals surface area contributed by atoms with E-state index in [0.29, 0.717) is 5.02 Å². The Balaban J connectivity index is 0.000000141. The zero-order chi connectivity index (χ0) is 61.1. The highest BCUT2D eigenvalue weighted by Gasteiger charge is 2.43. The number of benzene rings is 14. The van der Waals surface area contributed by atoms with Crippen LogP contribution in [-0.2, 0) is 0 Å². The third-order valence-electron chi connectivity index (χ3n) is 17.9. The number of hydrogen-bond donors (Lipinski definition) is 0. The zero-order valence-electron chi connectivity index (χ0n) is 49.9. The summed E-state index contributed by atoms with van der Waals surface area (Å²) in [5.41, 5.74) is 24.8. The van der Waals surface area contributed by atoms with E-state index >= 15 is 0 Å². The predicted molar refractivity (Wildman–Crippen MR) is 387 cm³/mol. The molecule has 6 nitrogen and oxygen atoms in total. The Labute approximate surface area is 539 Å². The maximum Gasteiger partial charge on any atom is 0.252 e. The topological polar surface area (TPSA) is 39.2 Å². The predicted octanol–water partition coefficient (Wildman–Crippen LogP) is 22.2. The molecule has 0 spiro atoms. The van der Waals surface area contributed by atoms with Gasteiger partial charge in [0, 0.05) is 89.5 Å². The number of halogens is 1. The average molecular weight is 1200 g/mol. The third kappa shape index (κ3) is 9.28. The molecule has 0 radical (unpaired) electrons. The fourth-order valence-electron chi connectivity index (χ4n) is 14.0. The smallest absolute Gasteiger partial charge is 0.252 e. The lowest BCUT2D eigenvalue weighted by molar-refractivity contribution is 0.669. The number of rotatable bonds is 10. The van der Waals surface area contributed by atoms with Crippen LogP contribution in [0, 0.1) is 0 Å². The minimum absolute atomic E-state index is 0.0911. The lowest BCUT2D eigenvalue weighted by Gasteiger charge is -2.44. The van der Waals surface area contributed by atoms with E-state index in [2.05, 4.69) is 299 Å². The molecule has 0 N–H and O–H groups in total. The SMILES string of the molecule is Clc1c(N(c2ccccc2)c2ccccc2)cccc1N(c1ccccc1)c1cccc(-c2cccc3c2oc2ccccc23)c1.c1ccc(N2c3ccccc3B3c4ccc(-c5cccc6c5oc5ccccc56)cc4N(c4ccccc4)c4cccc2c43)cc1. The number of nitrogens with zero attached hydrogens (tertiary/aromatic N) is 4. The number of hydrogen-bond acceptors (Lipinski definition) is 6. The normalized spacial score (nSPS) is 12.1. The van der Waals surface area contributed by atoms with Crippen LogP contribution in [-0.4, -0.2) is 6.71 Å². The van der Waals surface area contributed by atoms with Gasteiger partial charge < -0.3 is 28.4 Å². The summed E-state index contributed by atoms with van der Waals surface area (Å²) in [7, 11) is 0. The molecule has 0 fully saturated rings. The molecule has 8 heteroatoms. The Morgan fingerprint density at radius 3 is 1.24 bits per heavy atom. The molecule has 4 heterocycles. The summed E-state index contributed by atoms with van der Waals surface area (Å²) in [5.74, 6) is 0. The molecule has 18 rings (SSSR count). The Bertz CT molecular complexity index is 5370. The third-order valence-corrected chi connectivity index (χ3v) is 18.3. The molecule has 16 aromatic rings. The average Bonchev–Trinajstić information content (AvgIpc) is 0.942. The molecule has 0 atom stereocenters. The highest BCUT2D eigenvalue weighted by atomic mass is 35.5. The first-order valence-corrected chi connectivity index (χ1v) is 31.5. The van der Waals surface area contributed by atoms with E-state index in [-0.39, 0.29) is 6.71 Å². The summed E-state index contributed by atoms with van der Waals surface area (Å²) in [6, 6.07) is 119. The number of para-hydroxylation sites is 10. The van der Waals surface area contributed by atoms with E-state index in [9.17, 15) is 0 Å². The van der Waals surface area contributed by atoms with Gasteiger partial charge in [0.05, 0.1) is 16.4 Å². The van der Waals surface area contributed by atoms with E-state index in [4.69, 9.17) is 20.4 Å². The maximum absolute atomic E-state index is 7.48. The molecule has 92 heavy (non-hydrogen) atoms. The van der Waals surface area contributed by atoms with Gasteiger partial charge >= 0.3 is 0 Å². The molecule has 2 aromatic heterocycles. The number of fused-ring (bicyclic) bond motifs is 10. The molecule has 0 bridgehead atoms. The lowest BCUT2D eigenvalue weighted by atomic mass is 9.33. The monoisotopic (exact) mass is 1200 g/mol. The van der Waals surface area contributed by atoms with Crippen LogP contribution >= 0.6 is 11.6 Å². The lowest BCUT2D eigenvalue weighted by Crippen LogP contribution is -2.61. The highest BCUT2D eigenvalue weighted by molar-refractivity contribution is 7.00. The van der Waals surface area contributed by atoms with Crippen molar-refractivity contribution in [3.05, 3.63) is 345 Å². The summed E-state index contributed by atoms with van der Waals surface area (Å²) < 4.78 is 12.9. The molecule has 0 saturated carbocycles. The van der Waals surface area contributed by atoms with E-state index in [1.54, 1.807) is 0 Å². The van der Waals surface area contributed by atoms with Crippen LogP contribution in [0.15, 0.2) is 349 Å². The van der Waals surface area contributed by atoms with Gasteiger partial charge in [-0.25, -0.2) is 0 Å². The molecule has 2 aliphatic rings. The standard InChI is InChI=1S/C42H27BN2O.C42H29ClN2O/c1-3-13-29(14-4-1)44-36-21-9-8-20-34(36)43-35-26-25-28(31-18-11-19-33-32-17-7-10-24-40(32)46-42(31)33)27-39(35)45(30-15-5-2-6-16-30)38-23-12-22-37(44)41(38)43;43-41-38(44(31-16-4-1-5-17-31)32-18-6-2-7-19-32)26-14-27-39(41)45(33-20-8-3-9-21-33)34-22-12-15-30(29-34)35-24-13-25-37-36-23-10-11-28-40(36)46-42(35)37/h1-27H;1-29H. The van der Waals surface area contributed by atoms with Gasteiger partial charge in [-0.1, -0.05) is 230 Å². The molecule has 434 valence electrons. The van der Waals surface area contributed by atoms with E-state index in [0.717, 1.165) is 112 Å². The first-order chi connectivity index (χ1) is 45.6. The van der Waals surface area contributed by atoms with Crippen molar-refractivity contribution >= 4 is 147 Å². The van der Waals surface area contributed by atoms with Crippen molar-refractivity contribution in [3.8, 4) is 22.3 Å². The first kappa shape index (κ1) is 54.4. The summed E-state index contributed by atoms with van der Waals surface area (Å²) in [5, 5.41) is 5.15. The van der Waals surface area contributed by atoms with Gasteiger partial charge in [-0.05, 0) is 149 Å². The minimum Gasteiger partial charge on any atom is -0.455 e. The van der Waals surface area contributed by atoms with Crippen LogP contribution in [0.5, 0.6) is 0 Å². The van der Waals surface area contributed by atoms with E-state index < -0.39 is 0 Å². The number of anilines is 12. The van der Waals surface area contributed by atoms with Crippen molar-refractivity contribution in [3.63, 3.8) is 0 Å². The van der Waals surface area contributed by atoms with Gasteiger partial charge in [0.2, 0.25) is 0 Å². The van der Waals surface area contributed by atoms with Gasteiger partial charge in [0.1, 0.15) is 22.3 Å². The largest absolute Gasteiger partial charge is 0.455 e. The first-order valence-electron chi connectivity index (χ1n) is 31.1. The fraction of sp³-hybridized carbons (Fsp3) is 0. The van der Waals surface area contributed by atoms with Crippen LogP contribution in [0.25, 0.3) is 66.1 Å². The fourth-order valence-corrected chi connectivity index (χ4v) is 14.3. The van der Waals surface area contributed by atoms with Crippen LogP contribution < -0.4 is 36.0 Å². The van der Waals surface area contributed by atoms with Gasteiger partial charge in [-0.15, -0.1) is 0 Å². The molecule has 0 saturated heterocycles. The van der Waals surface area contributed by atoms with E-state index in [1.165, 1.54) is 39.1 Å². The van der Waals surface area contributed by atoms with Crippen LogP contribution in [0.3, 0.4) is 0 Å². The van der Waals surface area contributed by atoms with Crippen LogP contribution in [0.4, 0.5) is 68.2 Å². The van der Waals surface area contributed by atoms with Gasteiger partial charge in [-0.2, -0.15) is 0 Å². The van der Waals surface area contributed by atoms with Crippen molar-refractivity contribution in [2.45, 2.75) is 0 Å². The van der Waals surface area contributed by atoms with Crippen LogP contribution in [0.2, 0.25) is 5.02 Å². The summed E-state index contributed by atoms with van der Waals surface area (Å²) in [6.07, 6.45) is 0. The van der Waals surface area contributed by atoms with Crippen molar-refractivity contribution in [2.75, 3.05) is 19.6 Å². The summed E-state index contributed by atoms with van der Waals surface area (Å²) in [4.78, 5) is 9.30. The summed E-state index contributed by atoms with van der Waals surface area (Å²) in [6.45, 7) is 0.0911. The molecule has 14 aromatic carbocycles. The second-order valence-electron chi connectivity index (χ2n) is 23.2. The second-order valence-corrected chi connectivity index (χ2v) is 23.6. The van der Waals surface area contributed by atoms with Gasteiger partial charge in [0.25, 0.3) is 6.71 Å². The highest BCUT2D eigenvalue weighted by Crippen LogP contribution is 2.49. The van der Waals surface area contributed by atoms with Crippen molar-refractivity contribution in [1.82, 2.24) is 0 Å². The molecule has 0 aliphatic carbocycles. The molecule has 0 amide bonds. The van der Waals surface area contributed by atoms with E-state index in [1.807, 2.05) is 60.7 Å². The molecular weight excluding hydrogens is 1140 g/mol. The number of furan rings is 2. The van der Waals surface area contributed by atoms with Gasteiger partial charge in [-0.3, -0.25) is 0 Å². The molecule has 2 aliphatic heterocycles. The second kappa shape index (κ2) is 23.0.